The summed E-state index contributed by atoms with van der Waals surface area (Å²) in [6, 6.07) is 12.2. The molecule has 1 aliphatic heterocycles. The molecule has 406 valence electrons. The summed E-state index contributed by atoms with van der Waals surface area (Å²) in [5.41, 5.74) is 2.36. The second-order valence-corrected chi connectivity index (χ2v) is 20.2. The van der Waals surface area contributed by atoms with Crippen molar-refractivity contribution in [2.24, 2.45) is 23.7 Å². The Morgan fingerprint density at radius 2 is 1.45 bits per heavy atom. The number of carboxylic acid groups (broad SMARTS) is 1. The molecule has 9 atom stereocenters. The number of likely N-dealkylation sites (N-methyl/N-ethyl adjacent to an activating group) is 2. The fourth-order valence-electron chi connectivity index (χ4n) is 9.74. The smallest absolute Gasteiger partial charge is 0.326 e. The topological polar surface area (TPSA) is 256 Å². The van der Waals surface area contributed by atoms with Crippen LogP contribution in [0.2, 0.25) is 0 Å². The van der Waals surface area contributed by atoms with Gasteiger partial charge < -0.3 is 45.2 Å². The SMILES string of the molecule is CCC(C)[C@@H]([C@@H](CC(=O)N1CCC[C@H]1[C@H](OC)[C@@H](C)C(=O)N[C@@H](Cc1ccccc1)C(=O)O)OC)N(C)C(=O)[C@@H](NC(=O)[C@H](C(C)C)N(C)C(=O)CCCC(=O)NCc1ccc(-c2nnc(C)nn2)cc1)C(C)C. The number of rotatable bonds is 28. The van der Waals surface area contributed by atoms with Crippen molar-refractivity contribution in [1.82, 2.24) is 51.0 Å². The molecular formula is C54H80N10O10. The molecule has 1 saturated heterocycles. The van der Waals surface area contributed by atoms with Crippen LogP contribution in [0.4, 0.5) is 0 Å². The van der Waals surface area contributed by atoms with Gasteiger partial charge in [-0.15, -0.1) is 20.4 Å². The van der Waals surface area contributed by atoms with Gasteiger partial charge in [0, 0.05) is 66.2 Å². The highest BCUT2D eigenvalue weighted by molar-refractivity contribution is 5.92. The van der Waals surface area contributed by atoms with Gasteiger partial charge in [0.2, 0.25) is 41.3 Å². The van der Waals surface area contributed by atoms with E-state index in [9.17, 15) is 38.7 Å². The lowest BCUT2D eigenvalue weighted by Crippen LogP contribution is -2.60. The quantitative estimate of drug-likeness (QED) is 0.0788. The number of benzene rings is 2. The lowest BCUT2D eigenvalue weighted by molar-refractivity contribution is -0.149. The molecule has 4 rings (SSSR count). The number of nitrogens with zero attached hydrogens (tertiary/aromatic N) is 7. The summed E-state index contributed by atoms with van der Waals surface area (Å²) < 4.78 is 12.0. The molecule has 74 heavy (non-hydrogen) atoms. The van der Waals surface area contributed by atoms with Crippen LogP contribution in [0, 0.1) is 30.6 Å². The predicted molar refractivity (Wildman–Crippen MR) is 277 cm³/mol. The number of hydrogen-bond acceptors (Lipinski definition) is 13. The van der Waals surface area contributed by atoms with Crippen molar-refractivity contribution in [1.29, 1.82) is 0 Å². The van der Waals surface area contributed by atoms with Crippen LogP contribution in [0.5, 0.6) is 0 Å². The molecule has 0 bridgehead atoms. The molecule has 1 unspecified atom stereocenters. The van der Waals surface area contributed by atoms with Crippen LogP contribution in [-0.2, 0) is 56.0 Å². The number of likely N-dealkylation sites (tertiary alicyclic amines) is 1. The summed E-state index contributed by atoms with van der Waals surface area (Å²) in [6.07, 6.45) is 0.751. The van der Waals surface area contributed by atoms with Gasteiger partial charge in [-0.3, -0.25) is 28.8 Å². The van der Waals surface area contributed by atoms with Crippen molar-refractivity contribution < 1.29 is 48.1 Å². The number of carbonyl (C=O) groups is 7. The van der Waals surface area contributed by atoms with Crippen molar-refractivity contribution in [2.45, 2.75) is 156 Å². The number of aryl methyl sites for hydroxylation is 1. The number of aliphatic carboxylic acids is 1. The number of carbonyl (C=O) groups excluding carboxylic acids is 6. The van der Waals surface area contributed by atoms with E-state index >= 15 is 0 Å². The zero-order chi connectivity index (χ0) is 54.8. The summed E-state index contributed by atoms with van der Waals surface area (Å²) in [5, 5.41) is 34.4. The molecule has 0 radical (unpaired) electrons. The molecular weight excluding hydrogens is 949 g/mol. The Labute approximate surface area is 436 Å². The highest BCUT2D eigenvalue weighted by Gasteiger charge is 2.44. The lowest BCUT2D eigenvalue weighted by Gasteiger charge is -2.41. The summed E-state index contributed by atoms with van der Waals surface area (Å²) >= 11 is 0. The number of methoxy groups -OCH3 is 2. The standard InChI is InChI=1S/C54H80N10O10/c1-13-34(6)48(42(73-11)30-45(67)64-28-18-21-41(64)49(74-12)35(7)51(68)56-40(54(71)72)29-37-19-15-14-16-20-37)63(10)53(70)46(32(2)3)57-52(69)47(33(4)5)62(9)44(66)23-17-22-43(65)55-31-38-24-26-39(27-25-38)50-60-58-36(8)59-61-50/h14-16,19-20,24-27,32-35,40-42,46-49H,13,17-18,21-23,28-31H2,1-12H3,(H,55,65)(H,56,68)(H,57,69)(H,71,72)/t34?,35-,40+,41+,42-,46+,47+,48+,49-/m1/s1. The molecule has 1 aromatic heterocycles. The van der Waals surface area contributed by atoms with E-state index in [1.54, 1.807) is 62.0 Å². The Morgan fingerprint density at radius 3 is 2.01 bits per heavy atom. The number of aromatic nitrogens is 4. The van der Waals surface area contributed by atoms with Crippen LogP contribution in [0.1, 0.15) is 110 Å². The number of ether oxygens (including phenoxy) is 2. The van der Waals surface area contributed by atoms with Crippen LogP contribution < -0.4 is 16.0 Å². The molecule has 4 N–H and O–H groups in total. The van der Waals surface area contributed by atoms with E-state index in [0.29, 0.717) is 37.5 Å². The first kappa shape index (κ1) is 60.1. The van der Waals surface area contributed by atoms with Gasteiger partial charge in [0.1, 0.15) is 18.1 Å². The number of amides is 6. The monoisotopic (exact) mass is 1030 g/mol. The molecule has 6 amide bonds. The molecule has 0 spiro atoms. The fraction of sp³-hybridized carbons (Fsp3) is 0.611. The normalized spacial score (nSPS) is 16.8. The van der Waals surface area contributed by atoms with E-state index in [2.05, 4.69) is 36.3 Å². The maximum atomic E-state index is 14.7. The maximum Gasteiger partial charge on any atom is 0.326 e. The van der Waals surface area contributed by atoms with Crippen LogP contribution >= 0.6 is 0 Å². The molecule has 20 nitrogen and oxygen atoms in total. The second kappa shape index (κ2) is 28.9. The minimum absolute atomic E-state index is 0.0256. The van der Waals surface area contributed by atoms with E-state index in [0.717, 1.165) is 16.7 Å². The third-order valence-electron chi connectivity index (χ3n) is 14.2. The first-order chi connectivity index (χ1) is 35.1. The number of carboxylic acids is 1. The Bertz CT molecular complexity index is 2320. The summed E-state index contributed by atoms with van der Waals surface area (Å²) in [7, 11) is 6.18. The van der Waals surface area contributed by atoms with E-state index < -0.39 is 66.1 Å². The molecule has 2 aromatic carbocycles. The van der Waals surface area contributed by atoms with E-state index in [4.69, 9.17) is 9.47 Å². The molecule has 1 fully saturated rings. The van der Waals surface area contributed by atoms with Crippen molar-refractivity contribution in [2.75, 3.05) is 34.9 Å². The van der Waals surface area contributed by atoms with Crippen molar-refractivity contribution >= 4 is 41.4 Å². The zero-order valence-electron chi connectivity index (χ0n) is 45.4. The van der Waals surface area contributed by atoms with E-state index in [1.165, 1.54) is 19.1 Å². The van der Waals surface area contributed by atoms with Crippen LogP contribution in [-0.4, -0.2) is 159 Å². The Hall–Kier alpha value is -6.41. The number of hydrogen-bond donors (Lipinski definition) is 4. The molecule has 3 aromatic rings. The third-order valence-corrected chi connectivity index (χ3v) is 14.2. The van der Waals surface area contributed by atoms with Crippen LogP contribution in [0.3, 0.4) is 0 Å². The van der Waals surface area contributed by atoms with Crippen molar-refractivity contribution in [3.8, 4) is 11.4 Å². The molecule has 1 aliphatic rings. The van der Waals surface area contributed by atoms with Gasteiger partial charge in [0.15, 0.2) is 5.82 Å². The highest BCUT2D eigenvalue weighted by Crippen LogP contribution is 2.30. The van der Waals surface area contributed by atoms with Gasteiger partial charge in [-0.05, 0) is 55.1 Å². The molecule has 2 heterocycles. The van der Waals surface area contributed by atoms with Crippen LogP contribution in [0.15, 0.2) is 54.6 Å². The average molecular weight is 1030 g/mol. The van der Waals surface area contributed by atoms with Gasteiger partial charge in [0.05, 0.1) is 36.6 Å². The van der Waals surface area contributed by atoms with Crippen molar-refractivity contribution in [3.05, 3.63) is 71.5 Å². The fourth-order valence-corrected chi connectivity index (χ4v) is 9.74. The van der Waals surface area contributed by atoms with Gasteiger partial charge in [0.25, 0.3) is 0 Å². The first-order valence-corrected chi connectivity index (χ1v) is 25.8. The Morgan fingerprint density at radius 1 is 0.797 bits per heavy atom. The van der Waals surface area contributed by atoms with E-state index in [1.807, 2.05) is 71.9 Å². The summed E-state index contributed by atoms with van der Waals surface area (Å²) in [6.45, 7) is 15.3. The Kier molecular flexibility index (Phi) is 23.5. The van der Waals surface area contributed by atoms with Gasteiger partial charge in [-0.25, -0.2) is 4.79 Å². The van der Waals surface area contributed by atoms with Crippen molar-refractivity contribution in [3.63, 3.8) is 0 Å². The lowest BCUT2D eigenvalue weighted by atomic mass is 9.89. The van der Waals surface area contributed by atoms with E-state index in [-0.39, 0.29) is 80.0 Å². The Balaban J connectivity index is 1.37. The van der Waals surface area contributed by atoms with Gasteiger partial charge in [-0.1, -0.05) is 109 Å². The van der Waals surface area contributed by atoms with Crippen LogP contribution in [0.25, 0.3) is 11.4 Å². The predicted octanol–water partition coefficient (Wildman–Crippen LogP) is 4.38. The molecule has 20 heteroatoms. The summed E-state index contributed by atoms with van der Waals surface area (Å²) in [4.78, 5) is 100. The van der Waals surface area contributed by atoms with Gasteiger partial charge in [-0.2, -0.15) is 0 Å². The maximum absolute atomic E-state index is 14.7. The third kappa shape index (κ3) is 16.5. The minimum atomic E-state index is -1.17. The summed E-state index contributed by atoms with van der Waals surface area (Å²) in [5.74, 6) is -4.12. The number of nitrogens with one attached hydrogen (secondary N) is 3. The molecule has 0 aliphatic carbocycles. The zero-order valence-corrected chi connectivity index (χ0v) is 45.4. The molecule has 0 saturated carbocycles. The van der Waals surface area contributed by atoms with Gasteiger partial charge >= 0.3 is 5.97 Å². The first-order valence-electron chi connectivity index (χ1n) is 25.8. The average Bonchev–Trinajstić information content (AvgIpc) is 3.87. The largest absolute Gasteiger partial charge is 0.480 e. The minimum Gasteiger partial charge on any atom is -0.480 e. The second-order valence-electron chi connectivity index (χ2n) is 20.2. The highest BCUT2D eigenvalue weighted by atomic mass is 16.5.